The Kier molecular flexibility index (Phi) is 13.1. The monoisotopic (exact) mass is 126 g/mol. The van der Waals surface area contributed by atoms with Gasteiger partial charge in [-0.25, -0.2) is 0 Å². The van der Waals surface area contributed by atoms with Gasteiger partial charge < -0.3 is 0 Å². The molecule has 54 valence electrons. The summed E-state index contributed by atoms with van der Waals surface area (Å²) in [7, 11) is 0. The molecule has 1 aliphatic carbocycles. The third kappa shape index (κ3) is 11.2. The molecule has 0 aromatic carbocycles. The Hall–Kier alpha value is -0.520. The quantitative estimate of drug-likeness (QED) is 0.465. The average molecular weight is 126 g/mol. The van der Waals surface area contributed by atoms with Crippen molar-refractivity contribution in [1.82, 2.24) is 0 Å². The topological polar surface area (TPSA) is 0 Å². The fourth-order valence-electron chi connectivity index (χ4n) is 0.393. The van der Waals surface area contributed by atoms with E-state index in [1.54, 1.807) is 0 Å². The van der Waals surface area contributed by atoms with Gasteiger partial charge in [-0.3, -0.25) is 0 Å². The van der Waals surface area contributed by atoms with Gasteiger partial charge in [0.05, 0.1) is 0 Å². The van der Waals surface area contributed by atoms with E-state index in [-0.39, 0.29) is 7.43 Å². The number of hydrogen-bond acceptors (Lipinski definition) is 0. The fraction of sp³-hybridized carbons (Fsp3) is 0.556. The first-order valence-electron chi connectivity index (χ1n) is 3.23. The van der Waals surface area contributed by atoms with Gasteiger partial charge >= 0.3 is 0 Å². The summed E-state index contributed by atoms with van der Waals surface area (Å²) in [5.74, 6) is 0. The lowest BCUT2D eigenvalue weighted by molar-refractivity contribution is 1.09. The Morgan fingerprint density at radius 3 is 1.56 bits per heavy atom. The van der Waals surface area contributed by atoms with Gasteiger partial charge in [-0.05, 0) is 6.42 Å². The van der Waals surface area contributed by atoms with Crippen LogP contribution < -0.4 is 0 Å². The van der Waals surface area contributed by atoms with Crippen LogP contribution in [0.2, 0.25) is 0 Å². The van der Waals surface area contributed by atoms with E-state index in [2.05, 4.69) is 38.2 Å². The Balaban J connectivity index is 0. The van der Waals surface area contributed by atoms with Gasteiger partial charge in [0.15, 0.2) is 0 Å². The van der Waals surface area contributed by atoms with Crippen molar-refractivity contribution >= 4 is 0 Å². The zero-order chi connectivity index (χ0) is 6.24. The van der Waals surface area contributed by atoms with Crippen LogP contribution in [-0.4, -0.2) is 0 Å². The fourth-order valence-corrected chi connectivity index (χ4v) is 0.393. The second-order valence-electron chi connectivity index (χ2n) is 1.80. The minimum absolute atomic E-state index is 0. The van der Waals surface area contributed by atoms with E-state index in [1.165, 1.54) is 6.42 Å². The lowest BCUT2D eigenvalue weighted by Gasteiger charge is -1.57. The zero-order valence-electron chi connectivity index (χ0n) is 5.72. The van der Waals surface area contributed by atoms with Crippen molar-refractivity contribution in [2.45, 2.75) is 34.1 Å². The molecular formula is C9H18. The van der Waals surface area contributed by atoms with Crippen molar-refractivity contribution in [3.05, 3.63) is 24.3 Å². The normalized spacial score (nSPS) is 11.8. The van der Waals surface area contributed by atoms with Crippen molar-refractivity contribution in [2.24, 2.45) is 0 Å². The molecule has 0 N–H and O–H groups in total. The summed E-state index contributed by atoms with van der Waals surface area (Å²) in [6, 6.07) is 0. The van der Waals surface area contributed by atoms with E-state index in [0.29, 0.717) is 0 Å². The van der Waals surface area contributed by atoms with Gasteiger partial charge in [0.2, 0.25) is 0 Å². The van der Waals surface area contributed by atoms with Gasteiger partial charge in [0, 0.05) is 0 Å². The predicted octanol–water partition coefficient (Wildman–Crippen LogP) is 3.55. The summed E-state index contributed by atoms with van der Waals surface area (Å²) < 4.78 is 0. The molecular weight excluding hydrogens is 108 g/mol. The molecule has 0 aliphatic heterocycles. The van der Waals surface area contributed by atoms with Crippen LogP contribution >= 0.6 is 0 Å². The van der Waals surface area contributed by atoms with E-state index in [1.807, 2.05) is 0 Å². The average Bonchev–Trinajstić information content (AvgIpc) is 2.17. The molecule has 0 aromatic rings. The highest BCUT2D eigenvalue weighted by atomic mass is 13.8. The van der Waals surface area contributed by atoms with Gasteiger partial charge in [-0.1, -0.05) is 52.0 Å². The number of hydrogen-bond donors (Lipinski definition) is 0. The first-order chi connectivity index (χ1) is 3.91. The molecule has 0 radical (unpaired) electrons. The molecule has 0 spiro atoms. The minimum Gasteiger partial charge on any atom is -0.0808 e. The molecule has 0 heterocycles. The highest BCUT2D eigenvalue weighted by molar-refractivity contribution is 5.11. The van der Waals surface area contributed by atoms with Crippen LogP contribution in [0.1, 0.15) is 34.1 Å². The van der Waals surface area contributed by atoms with Crippen LogP contribution in [0.3, 0.4) is 0 Å². The van der Waals surface area contributed by atoms with Gasteiger partial charge in [0.1, 0.15) is 0 Å². The van der Waals surface area contributed by atoms with Crippen molar-refractivity contribution in [1.29, 1.82) is 0 Å². The largest absolute Gasteiger partial charge is 0.0808 e. The van der Waals surface area contributed by atoms with Crippen molar-refractivity contribution in [2.75, 3.05) is 0 Å². The van der Waals surface area contributed by atoms with Crippen molar-refractivity contribution in [3.63, 3.8) is 0 Å². The molecule has 9 heavy (non-hydrogen) atoms. The third-order valence-electron chi connectivity index (χ3n) is 0.655. The van der Waals surface area contributed by atoms with Crippen LogP contribution in [0, 0.1) is 0 Å². The number of allylic oxidation sites excluding steroid dienone is 4. The predicted molar refractivity (Wildman–Crippen MR) is 45.6 cm³/mol. The lowest BCUT2D eigenvalue weighted by Crippen LogP contribution is -1.37. The van der Waals surface area contributed by atoms with Crippen LogP contribution in [0.4, 0.5) is 0 Å². The SMILES string of the molecule is C.C1=CCC=C1.CCC. The molecule has 0 fully saturated rings. The summed E-state index contributed by atoms with van der Waals surface area (Å²) >= 11 is 0. The van der Waals surface area contributed by atoms with Gasteiger partial charge in [-0.15, -0.1) is 0 Å². The van der Waals surface area contributed by atoms with E-state index >= 15 is 0 Å². The van der Waals surface area contributed by atoms with E-state index < -0.39 is 0 Å². The molecule has 0 amide bonds. The minimum atomic E-state index is 0. The van der Waals surface area contributed by atoms with Crippen LogP contribution in [0.25, 0.3) is 0 Å². The summed E-state index contributed by atoms with van der Waals surface area (Å²) in [6.07, 6.45) is 10.8. The Bertz CT molecular complexity index is 68.0. The number of rotatable bonds is 0. The zero-order valence-corrected chi connectivity index (χ0v) is 5.72. The molecule has 0 atom stereocenters. The molecule has 0 bridgehead atoms. The van der Waals surface area contributed by atoms with Crippen molar-refractivity contribution < 1.29 is 0 Å². The van der Waals surface area contributed by atoms with Crippen LogP contribution in [0.15, 0.2) is 24.3 Å². The maximum absolute atomic E-state index is 2.12. The van der Waals surface area contributed by atoms with Crippen LogP contribution in [-0.2, 0) is 0 Å². The summed E-state index contributed by atoms with van der Waals surface area (Å²) in [4.78, 5) is 0. The van der Waals surface area contributed by atoms with Crippen molar-refractivity contribution in [3.8, 4) is 0 Å². The molecule has 1 aliphatic rings. The molecule has 0 saturated heterocycles. The highest BCUT2D eigenvalue weighted by Crippen LogP contribution is 1.93. The highest BCUT2D eigenvalue weighted by Gasteiger charge is 1.72. The van der Waals surface area contributed by atoms with Gasteiger partial charge in [-0.2, -0.15) is 0 Å². The standard InChI is InChI=1S/C5H6.C3H8.CH4/c1-2-4-5-3-1;1-3-2;/h1-4H,5H2;3H2,1-2H3;1H4. The first kappa shape index (κ1) is 11.3. The smallest absolute Gasteiger partial charge is 0.0163 e. The molecule has 0 unspecified atom stereocenters. The maximum Gasteiger partial charge on any atom is -0.0163 e. The summed E-state index contributed by atoms with van der Waals surface area (Å²) in [5, 5.41) is 0. The first-order valence-corrected chi connectivity index (χ1v) is 3.23. The second kappa shape index (κ2) is 10.5. The lowest BCUT2D eigenvalue weighted by atomic mass is 10.5. The Morgan fingerprint density at radius 1 is 1.11 bits per heavy atom. The van der Waals surface area contributed by atoms with Gasteiger partial charge in [0.25, 0.3) is 0 Å². The Morgan fingerprint density at radius 2 is 1.44 bits per heavy atom. The van der Waals surface area contributed by atoms with Crippen LogP contribution in [0.5, 0.6) is 0 Å². The van der Waals surface area contributed by atoms with E-state index in [9.17, 15) is 0 Å². The third-order valence-corrected chi connectivity index (χ3v) is 0.655. The molecule has 0 heteroatoms. The summed E-state index contributed by atoms with van der Waals surface area (Å²) in [5.41, 5.74) is 0. The Labute approximate surface area is 59.3 Å². The molecule has 0 aromatic heterocycles. The molecule has 0 nitrogen and oxygen atoms in total. The molecule has 1 rings (SSSR count). The molecule has 0 saturated carbocycles. The van der Waals surface area contributed by atoms with E-state index in [0.717, 1.165) is 6.42 Å². The second-order valence-corrected chi connectivity index (χ2v) is 1.80. The summed E-state index contributed by atoms with van der Waals surface area (Å²) in [6.45, 7) is 4.25. The maximum atomic E-state index is 2.12. The van der Waals surface area contributed by atoms with E-state index in [4.69, 9.17) is 0 Å².